The Morgan fingerprint density at radius 1 is 0.964 bits per heavy atom. The van der Waals surface area contributed by atoms with E-state index in [9.17, 15) is 9.59 Å². The number of hydrogen-bond donors (Lipinski definition) is 1. The normalized spacial score (nSPS) is 14.2. The van der Waals surface area contributed by atoms with Gasteiger partial charge < -0.3 is 14.8 Å². The van der Waals surface area contributed by atoms with Gasteiger partial charge in [-0.1, -0.05) is 36.4 Å². The summed E-state index contributed by atoms with van der Waals surface area (Å²) in [6, 6.07) is 16.5. The van der Waals surface area contributed by atoms with Gasteiger partial charge in [0.25, 0.3) is 11.8 Å². The number of nitrogens with one attached hydrogen (secondary N) is 1. The van der Waals surface area contributed by atoms with E-state index in [1.807, 2.05) is 56.3 Å². The van der Waals surface area contributed by atoms with E-state index in [0.717, 1.165) is 5.69 Å². The molecule has 0 radical (unpaired) electrons. The molecule has 2 amide bonds. The van der Waals surface area contributed by atoms with Gasteiger partial charge in [0.2, 0.25) is 0 Å². The fourth-order valence-corrected chi connectivity index (χ4v) is 3.04. The maximum Gasteiger partial charge on any atom is 0.278 e. The summed E-state index contributed by atoms with van der Waals surface area (Å²) in [6.07, 6.45) is 0.0244. The van der Waals surface area contributed by atoms with Crippen LogP contribution in [0.4, 0.5) is 5.69 Å². The van der Waals surface area contributed by atoms with Crippen molar-refractivity contribution in [2.45, 2.75) is 20.0 Å². The highest BCUT2D eigenvalue weighted by Crippen LogP contribution is 2.35. The molecule has 2 aromatic rings. The lowest BCUT2D eigenvalue weighted by Gasteiger charge is -2.16. The Morgan fingerprint density at radius 3 is 2.32 bits per heavy atom. The Bertz CT molecular complexity index is 890. The van der Waals surface area contributed by atoms with Crippen LogP contribution in [0.5, 0.6) is 5.75 Å². The number of hydrogen-bond acceptors (Lipinski definition) is 5. The van der Waals surface area contributed by atoms with Crippen LogP contribution in [0, 0.1) is 0 Å². The van der Waals surface area contributed by atoms with E-state index in [1.54, 1.807) is 19.2 Å². The molecule has 0 saturated carbocycles. The zero-order valence-corrected chi connectivity index (χ0v) is 16.3. The van der Waals surface area contributed by atoms with Crippen molar-refractivity contribution < 1.29 is 19.1 Å². The summed E-state index contributed by atoms with van der Waals surface area (Å²) in [4.78, 5) is 27.4. The van der Waals surface area contributed by atoms with Crippen LogP contribution in [0.15, 0.2) is 60.3 Å². The summed E-state index contributed by atoms with van der Waals surface area (Å²) < 4.78 is 10.9. The van der Waals surface area contributed by atoms with Crippen LogP contribution in [0.1, 0.15) is 19.4 Å². The van der Waals surface area contributed by atoms with Gasteiger partial charge in [-0.15, -0.1) is 0 Å². The Kier molecular flexibility index (Phi) is 6.11. The first-order chi connectivity index (χ1) is 13.5. The average Bonchev–Trinajstić information content (AvgIpc) is 2.92. The molecule has 1 aliphatic heterocycles. The number of methoxy groups -OCH3 is 1. The van der Waals surface area contributed by atoms with Gasteiger partial charge in [0.15, 0.2) is 0 Å². The standard InChI is InChI=1S/C22H24N2O4/c1-15(2)28-14-13-24-21(25)19(17-11-7-8-12-18(17)27-3)20(22(24)26)23-16-9-5-4-6-10-16/h4-12,15,23H,13-14H2,1-3H3. The van der Waals surface area contributed by atoms with Crippen LogP contribution in [0.2, 0.25) is 0 Å². The van der Waals surface area contributed by atoms with Gasteiger partial charge in [-0.2, -0.15) is 0 Å². The van der Waals surface area contributed by atoms with Crippen molar-refractivity contribution >= 4 is 23.1 Å². The molecule has 6 nitrogen and oxygen atoms in total. The van der Waals surface area contributed by atoms with E-state index in [-0.39, 0.29) is 36.8 Å². The third-order valence-electron chi connectivity index (χ3n) is 4.35. The number of carbonyl (C=O) groups is 2. The highest BCUT2D eigenvalue weighted by molar-refractivity contribution is 6.37. The second-order valence-corrected chi connectivity index (χ2v) is 6.62. The number of para-hydroxylation sites is 2. The third-order valence-corrected chi connectivity index (χ3v) is 4.35. The van der Waals surface area contributed by atoms with E-state index in [0.29, 0.717) is 16.9 Å². The molecule has 1 heterocycles. The van der Waals surface area contributed by atoms with Gasteiger partial charge in [-0.25, -0.2) is 0 Å². The summed E-state index contributed by atoms with van der Waals surface area (Å²) in [5, 5.41) is 3.12. The minimum absolute atomic E-state index is 0.0244. The first-order valence-corrected chi connectivity index (χ1v) is 9.20. The molecule has 0 saturated heterocycles. The first kappa shape index (κ1) is 19.6. The van der Waals surface area contributed by atoms with Crippen molar-refractivity contribution in [3.8, 4) is 5.75 Å². The number of nitrogens with zero attached hydrogens (tertiary/aromatic N) is 1. The predicted molar refractivity (Wildman–Crippen MR) is 108 cm³/mol. The van der Waals surface area contributed by atoms with Crippen LogP contribution in [0.25, 0.3) is 5.57 Å². The summed E-state index contributed by atoms with van der Waals surface area (Å²) in [7, 11) is 1.54. The topological polar surface area (TPSA) is 67.9 Å². The highest BCUT2D eigenvalue weighted by atomic mass is 16.5. The molecule has 0 atom stereocenters. The molecule has 0 fully saturated rings. The second kappa shape index (κ2) is 8.71. The molecule has 1 aliphatic rings. The highest BCUT2D eigenvalue weighted by Gasteiger charge is 2.40. The van der Waals surface area contributed by atoms with E-state index in [1.165, 1.54) is 4.90 Å². The lowest BCUT2D eigenvalue weighted by Crippen LogP contribution is -2.35. The number of anilines is 1. The van der Waals surface area contributed by atoms with Gasteiger partial charge in [-0.05, 0) is 32.0 Å². The zero-order valence-electron chi connectivity index (χ0n) is 16.3. The first-order valence-electron chi connectivity index (χ1n) is 9.20. The van der Waals surface area contributed by atoms with Crippen molar-refractivity contribution in [2.24, 2.45) is 0 Å². The summed E-state index contributed by atoms with van der Waals surface area (Å²) in [5.74, 6) is -0.200. The molecule has 0 bridgehead atoms. The molecular weight excluding hydrogens is 356 g/mol. The maximum absolute atomic E-state index is 13.2. The van der Waals surface area contributed by atoms with Crippen LogP contribution in [-0.2, 0) is 14.3 Å². The van der Waals surface area contributed by atoms with Crippen molar-refractivity contribution in [1.29, 1.82) is 0 Å². The Labute approximate surface area is 164 Å². The fourth-order valence-electron chi connectivity index (χ4n) is 3.04. The summed E-state index contributed by atoms with van der Waals surface area (Å²) >= 11 is 0. The SMILES string of the molecule is COc1ccccc1C1=C(Nc2ccccc2)C(=O)N(CCOC(C)C)C1=O. The zero-order chi connectivity index (χ0) is 20.1. The molecule has 0 aliphatic carbocycles. The lowest BCUT2D eigenvalue weighted by atomic mass is 10.0. The molecule has 1 N–H and O–H groups in total. The lowest BCUT2D eigenvalue weighted by molar-refractivity contribution is -0.137. The van der Waals surface area contributed by atoms with Crippen molar-refractivity contribution in [2.75, 3.05) is 25.6 Å². The van der Waals surface area contributed by atoms with Crippen molar-refractivity contribution in [3.05, 3.63) is 65.9 Å². The average molecular weight is 380 g/mol. The van der Waals surface area contributed by atoms with E-state index in [2.05, 4.69) is 5.32 Å². The Morgan fingerprint density at radius 2 is 1.64 bits per heavy atom. The predicted octanol–water partition coefficient (Wildman–Crippen LogP) is 3.31. The van der Waals surface area contributed by atoms with Gasteiger partial charge >= 0.3 is 0 Å². The van der Waals surface area contributed by atoms with Crippen LogP contribution < -0.4 is 10.1 Å². The van der Waals surface area contributed by atoms with Crippen molar-refractivity contribution in [1.82, 2.24) is 4.90 Å². The summed E-state index contributed by atoms with van der Waals surface area (Å²) in [5.41, 5.74) is 1.85. The van der Waals surface area contributed by atoms with E-state index >= 15 is 0 Å². The van der Waals surface area contributed by atoms with Crippen LogP contribution in [0.3, 0.4) is 0 Å². The maximum atomic E-state index is 13.2. The van der Waals surface area contributed by atoms with Crippen LogP contribution >= 0.6 is 0 Å². The smallest absolute Gasteiger partial charge is 0.278 e. The number of carbonyl (C=O) groups excluding carboxylic acids is 2. The Hall–Kier alpha value is -3.12. The van der Waals surface area contributed by atoms with Crippen molar-refractivity contribution in [3.63, 3.8) is 0 Å². The number of imide groups is 1. The molecule has 2 aromatic carbocycles. The Balaban J connectivity index is 2.00. The van der Waals surface area contributed by atoms with Gasteiger partial charge in [0.1, 0.15) is 11.4 Å². The minimum atomic E-state index is -0.373. The second-order valence-electron chi connectivity index (χ2n) is 6.62. The molecule has 146 valence electrons. The number of benzene rings is 2. The quantitative estimate of drug-likeness (QED) is 0.712. The minimum Gasteiger partial charge on any atom is -0.496 e. The summed E-state index contributed by atoms with van der Waals surface area (Å²) in [6.45, 7) is 4.30. The molecule has 0 unspecified atom stereocenters. The van der Waals surface area contributed by atoms with E-state index < -0.39 is 0 Å². The number of ether oxygens (including phenoxy) is 2. The fraction of sp³-hybridized carbons (Fsp3) is 0.273. The molecule has 28 heavy (non-hydrogen) atoms. The third kappa shape index (κ3) is 4.07. The molecular formula is C22H24N2O4. The molecule has 0 aromatic heterocycles. The van der Waals surface area contributed by atoms with Crippen LogP contribution in [-0.4, -0.2) is 43.1 Å². The van der Waals surface area contributed by atoms with Gasteiger partial charge in [0, 0.05) is 11.3 Å². The molecule has 0 spiro atoms. The number of rotatable bonds is 8. The van der Waals surface area contributed by atoms with Gasteiger partial charge in [-0.3, -0.25) is 14.5 Å². The number of amides is 2. The largest absolute Gasteiger partial charge is 0.496 e. The molecule has 6 heteroatoms. The monoisotopic (exact) mass is 380 g/mol. The molecule has 3 rings (SSSR count). The van der Waals surface area contributed by atoms with Gasteiger partial charge in [0.05, 0.1) is 31.9 Å². The van der Waals surface area contributed by atoms with E-state index in [4.69, 9.17) is 9.47 Å².